The molecule has 1 unspecified atom stereocenters. The van der Waals surface area contributed by atoms with Gasteiger partial charge in [0.15, 0.2) is 12.6 Å². The van der Waals surface area contributed by atoms with Gasteiger partial charge < -0.3 is 21.1 Å². The van der Waals surface area contributed by atoms with Crippen LogP contribution in [0.3, 0.4) is 0 Å². The Balaban J connectivity index is 2.03. The molecule has 32 heavy (non-hydrogen) atoms. The van der Waals surface area contributed by atoms with Crippen LogP contribution in [0.5, 0.6) is 5.75 Å². The number of nitrogens with zero attached hydrogens (tertiary/aromatic N) is 3. The number of hydrogen-bond donors (Lipinski definition) is 3. The minimum absolute atomic E-state index is 0.155. The molecule has 0 aromatic carbocycles. The van der Waals surface area contributed by atoms with Crippen LogP contribution < -0.4 is 21.1 Å². The number of ether oxygens (including phenoxy) is 1. The minimum atomic E-state index is -2.96. The fourth-order valence-electron chi connectivity index (χ4n) is 2.61. The summed E-state index contributed by atoms with van der Waals surface area (Å²) in [6.07, 6.45) is 2.88. The smallest absolute Gasteiger partial charge is 0.278 e. The van der Waals surface area contributed by atoms with Crippen LogP contribution in [-0.4, -0.2) is 40.9 Å². The number of hydrogen-bond acceptors (Lipinski definition) is 5. The van der Waals surface area contributed by atoms with Gasteiger partial charge in [0, 0.05) is 19.7 Å². The Hall–Kier alpha value is -3.30. The first-order valence-electron chi connectivity index (χ1n) is 10.3. The average Bonchev–Trinajstić information content (AvgIpc) is 2.70. The first kappa shape index (κ1) is 25.0. The van der Waals surface area contributed by atoms with Gasteiger partial charge in [-0.15, -0.1) is 0 Å². The van der Waals surface area contributed by atoms with Gasteiger partial charge in [0.05, 0.1) is 12.2 Å². The van der Waals surface area contributed by atoms with Gasteiger partial charge >= 0.3 is 0 Å². The van der Waals surface area contributed by atoms with E-state index in [1.54, 1.807) is 25.3 Å². The number of halogens is 2. The number of nitrogens with two attached hydrogens (primary N) is 1. The second-order valence-electron chi connectivity index (χ2n) is 8.11. The van der Waals surface area contributed by atoms with Crippen LogP contribution in [0.25, 0.3) is 0 Å². The zero-order chi connectivity index (χ0) is 23.9. The summed E-state index contributed by atoms with van der Waals surface area (Å²) in [5.74, 6) is -1.99. The van der Waals surface area contributed by atoms with Crippen LogP contribution in [0, 0.1) is 12.8 Å². The molecule has 0 aliphatic heterocycles. The zero-order valence-electron chi connectivity index (χ0n) is 18.9. The fraction of sp³-hybridized carbons (Fsp3) is 0.455. The lowest BCUT2D eigenvalue weighted by Crippen LogP contribution is -2.28. The molecule has 2 heterocycles. The van der Waals surface area contributed by atoms with Crippen molar-refractivity contribution in [2.45, 2.75) is 46.6 Å². The molecule has 4 N–H and O–H groups in total. The highest BCUT2D eigenvalue weighted by Gasteiger charge is 2.23. The van der Waals surface area contributed by atoms with Gasteiger partial charge in [0.2, 0.25) is 0 Å². The second kappa shape index (κ2) is 10.8. The van der Waals surface area contributed by atoms with Crippen molar-refractivity contribution in [1.82, 2.24) is 15.3 Å². The largest absolute Gasteiger partial charge is 0.485 e. The third-order valence-electron chi connectivity index (χ3n) is 4.29. The maximum atomic E-state index is 13.0. The lowest BCUT2D eigenvalue weighted by Gasteiger charge is -2.16. The van der Waals surface area contributed by atoms with Crippen LogP contribution >= 0.6 is 0 Å². The lowest BCUT2D eigenvalue weighted by molar-refractivity contribution is -0.0232. The summed E-state index contributed by atoms with van der Waals surface area (Å²) in [6.45, 7) is 8.18. The Morgan fingerprint density at radius 1 is 1.28 bits per heavy atom. The maximum Gasteiger partial charge on any atom is 0.278 e. The van der Waals surface area contributed by atoms with Gasteiger partial charge in [-0.3, -0.25) is 9.79 Å². The molecule has 10 heteroatoms. The minimum Gasteiger partial charge on any atom is -0.485 e. The summed E-state index contributed by atoms with van der Waals surface area (Å²) in [4.78, 5) is 25.1. The Morgan fingerprint density at radius 2 is 2.00 bits per heavy atom. The Kier molecular flexibility index (Phi) is 8.45. The standard InChI is InChI=1S/C22H30F2N6O2/c1-13(2)10-28-21(25)30-19-9-16(6-7-26-19)15(4)29-20(31)17-8-14(3)18(11-27-17)32-12-22(5,23)24/h6-9,11,13,15H,10,12H2,1-5H3,(H,29,31)(H3,25,26,28,30). The molecule has 0 aliphatic rings. The number of anilines is 1. The number of carbonyl (C=O) groups excluding carboxylic acids is 1. The Labute approximate surface area is 186 Å². The molecule has 0 saturated heterocycles. The van der Waals surface area contributed by atoms with E-state index in [1.807, 2.05) is 20.8 Å². The van der Waals surface area contributed by atoms with Crippen molar-refractivity contribution in [3.63, 3.8) is 0 Å². The summed E-state index contributed by atoms with van der Waals surface area (Å²) in [6, 6.07) is 4.69. The Morgan fingerprint density at radius 3 is 2.62 bits per heavy atom. The molecule has 0 spiro atoms. The van der Waals surface area contributed by atoms with E-state index in [-0.39, 0.29) is 23.4 Å². The number of pyridine rings is 2. The van der Waals surface area contributed by atoms with E-state index >= 15 is 0 Å². The van der Waals surface area contributed by atoms with Crippen molar-refractivity contribution in [2.75, 3.05) is 18.5 Å². The highest BCUT2D eigenvalue weighted by atomic mass is 19.3. The molecule has 1 atom stereocenters. The molecular weight excluding hydrogens is 418 g/mol. The zero-order valence-corrected chi connectivity index (χ0v) is 18.9. The van der Waals surface area contributed by atoms with Crippen LogP contribution in [0.2, 0.25) is 0 Å². The third-order valence-corrected chi connectivity index (χ3v) is 4.29. The van der Waals surface area contributed by atoms with E-state index < -0.39 is 18.4 Å². The second-order valence-corrected chi connectivity index (χ2v) is 8.11. The van der Waals surface area contributed by atoms with E-state index in [2.05, 4.69) is 25.6 Å². The molecule has 8 nitrogen and oxygen atoms in total. The van der Waals surface area contributed by atoms with Gasteiger partial charge in [-0.05, 0) is 49.1 Å². The van der Waals surface area contributed by atoms with Gasteiger partial charge in [0.25, 0.3) is 11.8 Å². The average molecular weight is 449 g/mol. The number of guanidine groups is 1. The van der Waals surface area contributed by atoms with Gasteiger partial charge in [-0.2, -0.15) is 0 Å². The molecule has 2 rings (SSSR count). The number of amides is 1. The normalized spacial score (nSPS) is 13.1. The van der Waals surface area contributed by atoms with Crippen molar-refractivity contribution >= 4 is 17.7 Å². The van der Waals surface area contributed by atoms with E-state index in [1.165, 1.54) is 12.3 Å². The molecule has 1 amide bonds. The molecule has 0 saturated carbocycles. The van der Waals surface area contributed by atoms with E-state index in [4.69, 9.17) is 10.5 Å². The summed E-state index contributed by atoms with van der Waals surface area (Å²) in [5.41, 5.74) is 7.37. The Bertz CT molecular complexity index is 960. The number of rotatable bonds is 9. The quantitative estimate of drug-likeness (QED) is 0.398. The number of aliphatic imine (C=N–C) groups is 1. The van der Waals surface area contributed by atoms with Crippen molar-refractivity contribution in [1.29, 1.82) is 0 Å². The van der Waals surface area contributed by atoms with Crippen LogP contribution in [0.15, 0.2) is 35.6 Å². The predicted octanol–water partition coefficient (Wildman–Crippen LogP) is 3.69. The molecule has 174 valence electrons. The van der Waals surface area contributed by atoms with Gasteiger partial charge in [-0.25, -0.2) is 18.7 Å². The third kappa shape index (κ3) is 8.09. The number of alkyl halides is 2. The lowest BCUT2D eigenvalue weighted by atomic mass is 10.1. The maximum absolute atomic E-state index is 13.0. The van der Waals surface area contributed by atoms with Crippen LogP contribution in [0.1, 0.15) is 55.4 Å². The molecule has 0 bridgehead atoms. The monoisotopic (exact) mass is 448 g/mol. The van der Waals surface area contributed by atoms with Crippen molar-refractivity contribution in [3.8, 4) is 5.75 Å². The van der Waals surface area contributed by atoms with Gasteiger partial charge in [0.1, 0.15) is 17.3 Å². The number of aryl methyl sites for hydroxylation is 1. The highest BCUT2D eigenvalue weighted by molar-refractivity contribution is 5.93. The van der Waals surface area contributed by atoms with Crippen molar-refractivity contribution < 1.29 is 18.3 Å². The molecular formula is C22H30F2N6O2. The first-order valence-corrected chi connectivity index (χ1v) is 10.3. The van der Waals surface area contributed by atoms with E-state index in [9.17, 15) is 13.6 Å². The molecule has 0 fully saturated rings. The topological polar surface area (TPSA) is 115 Å². The van der Waals surface area contributed by atoms with Gasteiger partial charge in [-0.1, -0.05) is 13.8 Å². The van der Waals surface area contributed by atoms with Crippen molar-refractivity contribution in [3.05, 3.63) is 47.4 Å². The van der Waals surface area contributed by atoms with E-state index in [0.29, 0.717) is 23.8 Å². The number of nitrogens with one attached hydrogen (secondary N) is 2. The number of aromatic nitrogens is 2. The molecule has 0 radical (unpaired) electrons. The van der Waals surface area contributed by atoms with Crippen LogP contribution in [0.4, 0.5) is 14.6 Å². The summed E-state index contributed by atoms with van der Waals surface area (Å²) in [5, 5.41) is 5.79. The molecule has 0 aliphatic carbocycles. The highest BCUT2D eigenvalue weighted by Crippen LogP contribution is 2.21. The van der Waals surface area contributed by atoms with E-state index in [0.717, 1.165) is 12.5 Å². The van der Waals surface area contributed by atoms with Crippen molar-refractivity contribution in [2.24, 2.45) is 16.6 Å². The summed E-state index contributed by atoms with van der Waals surface area (Å²) >= 11 is 0. The van der Waals surface area contributed by atoms with Crippen LogP contribution in [-0.2, 0) is 0 Å². The molecule has 2 aromatic heterocycles. The summed E-state index contributed by atoms with van der Waals surface area (Å²) in [7, 11) is 0. The predicted molar refractivity (Wildman–Crippen MR) is 120 cm³/mol. The SMILES string of the molecule is Cc1cc(C(=O)NC(C)c2ccnc(NC(N)=NCC(C)C)c2)ncc1OCC(C)(F)F. The fourth-order valence-corrected chi connectivity index (χ4v) is 2.61. The first-order chi connectivity index (χ1) is 14.9. The summed E-state index contributed by atoms with van der Waals surface area (Å²) < 4.78 is 31.1. The number of carbonyl (C=O) groups is 1. The molecule has 2 aromatic rings.